The second-order valence-corrected chi connectivity index (χ2v) is 2.77. The first kappa shape index (κ1) is 9.29. The second-order valence-electron chi connectivity index (χ2n) is 2.38. The van der Waals surface area contributed by atoms with Gasteiger partial charge in [0.05, 0.1) is 7.11 Å². The Bertz CT molecular complexity index is 265. The number of halogens is 1. The smallest absolute Gasteiger partial charge is 0.214 e. The zero-order valence-electron chi connectivity index (χ0n) is 6.88. The van der Waals surface area contributed by atoms with Crippen molar-refractivity contribution in [1.29, 1.82) is 0 Å². The van der Waals surface area contributed by atoms with Crippen LogP contribution in [0.4, 0.5) is 0 Å². The van der Waals surface area contributed by atoms with Crippen LogP contribution in [-0.2, 0) is 6.42 Å². The highest BCUT2D eigenvalue weighted by Gasteiger charge is 1.99. The van der Waals surface area contributed by atoms with Gasteiger partial charge in [-0.25, -0.2) is 4.98 Å². The Balaban J connectivity index is 2.90. The Kier molecular flexibility index (Phi) is 3.31. The van der Waals surface area contributed by atoms with Gasteiger partial charge < -0.3 is 10.5 Å². The molecule has 66 valence electrons. The predicted molar refractivity (Wildman–Crippen MR) is 48.6 cm³/mol. The van der Waals surface area contributed by atoms with Crippen molar-refractivity contribution in [1.82, 2.24) is 4.98 Å². The van der Waals surface area contributed by atoms with Gasteiger partial charge in [0.15, 0.2) is 0 Å². The average molecular weight is 187 g/mol. The maximum Gasteiger partial charge on any atom is 0.214 e. The molecule has 1 heterocycles. The fourth-order valence-corrected chi connectivity index (χ4v) is 1.16. The van der Waals surface area contributed by atoms with Crippen LogP contribution in [0, 0.1) is 0 Å². The number of ether oxygens (including phenoxy) is 1. The van der Waals surface area contributed by atoms with E-state index in [-0.39, 0.29) is 0 Å². The van der Waals surface area contributed by atoms with Crippen LogP contribution in [0.5, 0.6) is 5.88 Å². The molecule has 12 heavy (non-hydrogen) atoms. The molecule has 4 heteroatoms. The van der Waals surface area contributed by atoms with Gasteiger partial charge in [0, 0.05) is 6.07 Å². The van der Waals surface area contributed by atoms with Crippen LogP contribution in [0.3, 0.4) is 0 Å². The molecule has 2 N–H and O–H groups in total. The van der Waals surface area contributed by atoms with Gasteiger partial charge >= 0.3 is 0 Å². The van der Waals surface area contributed by atoms with Crippen molar-refractivity contribution in [3.8, 4) is 5.88 Å². The largest absolute Gasteiger partial charge is 0.481 e. The van der Waals surface area contributed by atoms with Crippen molar-refractivity contribution in [3.05, 3.63) is 22.8 Å². The summed E-state index contributed by atoms with van der Waals surface area (Å²) in [4.78, 5) is 3.94. The van der Waals surface area contributed by atoms with Crippen LogP contribution in [0.15, 0.2) is 12.1 Å². The van der Waals surface area contributed by atoms with Gasteiger partial charge in [0.25, 0.3) is 0 Å². The number of hydrogen-bond donors (Lipinski definition) is 1. The lowest BCUT2D eigenvalue weighted by molar-refractivity contribution is 0.397. The van der Waals surface area contributed by atoms with E-state index in [0.717, 1.165) is 12.0 Å². The van der Waals surface area contributed by atoms with Crippen LogP contribution in [0.25, 0.3) is 0 Å². The SMILES string of the molecule is COc1cc(CCN)cc(Cl)n1. The maximum atomic E-state index is 5.73. The van der Waals surface area contributed by atoms with Crippen molar-refractivity contribution in [2.45, 2.75) is 6.42 Å². The van der Waals surface area contributed by atoms with Gasteiger partial charge in [-0.05, 0) is 24.6 Å². The molecular formula is C8H11ClN2O. The molecule has 0 saturated heterocycles. The van der Waals surface area contributed by atoms with E-state index in [1.165, 1.54) is 0 Å². The van der Waals surface area contributed by atoms with Gasteiger partial charge in [0.2, 0.25) is 5.88 Å². The average Bonchev–Trinajstić information content (AvgIpc) is 2.04. The highest BCUT2D eigenvalue weighted by molar-refractivity contribution is 6.29. The molecule has 0 unspecified atom stereocenters. The standard InChI is InChI=1S/C8H11ClN2O/c1-12-8-5-6(2-3-10)4-7(9)11-8/h4-5H,2-3,10H2,1H3. The first-order chi connectivity index (χ1) is 5.76. The van der Waals surface area contributed by atoms with Crippen molar-refractivity contribution < 1.29 is 4.74 Å². The summed E-state index contributed by atoms with van der Waals surface area (Å²) in [7, 11) is 1.56. The topological polar surface area (TPSA) is 48.1 Å². The molecule has 0 aliphatic heterocycles. The maximum absolute atomic E-state index is 5.73. The van der Waals surface area contributed by atoms with Gasteiger partial charge in [0.1, 0.15) is 5.15 Å². The Labute approximate surface area is 76.5 Å². The lowest BCUT2D eigenvalue weighted by Gasteiger charge is -2.02. The third-order valence-electron chi connectivity index (χ3n) is 1.47. The zero-order chi connectivity index (χ0) is 8.97. The number of pyridine rings is 1. The van der Waals surface area contributed by atoms with Crippen LogP contribution in [-0.4, -0.2) is 18.6 Å². The van der Waals surface area contributed by atoms with Gasteiger partial charge in [-0.15, -0.1) is 0 Å². The summed E-state index contributed by atoms with van der Waals surface area (Å²) < 4.78 is 4.95. The normalized spacial score (nSPS) is 9.92. The fraction of sp³-hybridized carbons (Fsp3) is 0.375. The first-order valence-electron chi connectivity index (χ1n) is 3.67. The van der Waals surface area contributed by atoms with Crippen LogP contribution in [0.2, 0.25) is 5.15 Å². The van der Waals surface area contributed by atoms with Crippen molar-refractivity contribution in [3.63, 3.8) is 0 Å². The van der Waals surface area contributed by atoms with E-state index in [0.29, 0.717) is 17.6 Å². The minimum Gasteiger partial charge on any atom is -0.481 e. The Morgan fingerprint density at radius 2 is 2.33 bits per heavy atom. The highest BCUT2D eigenvalue weighted by Crippen LogP contribution is 2.15. The van der Waals surface area contributed by atoms with E-state index >= 15 is 0 Å². The number of rotatable bonds is 3. The fourth-order valence-electron chi connectivity index (χ4n) is 0.939. The molecule has 0 atom stereocenters. The third-order valence-corrected chi connectivity index (χ3v) is 1.67. The van der Waals surface area contributed by atoms with Gasteiger partial charge in [-0.2, -0.15) is 0 Å². The van der Waals surface area contributed by atoms with Crippen LogP contribution in [0.1, 0.15) is 5.56 Å². The number of methoxy groups -OCH3 is 1. The van der Waals surface area contributed by atoms with Gasteiger partial charge in [-0.1, -0.05) is 11.6 Å². The summed E-state index contributed by atoms with van der Waals surface area (Å²) in [5.74, 6) is 0.533. The first-order valence-corrected chi connectivity index (χ1v) is 4.04. The molecule has 0 aliphatic carbocycles. The minimum absolute atomic E-state index is 0.442. The summed E-state index contributed by atoms with van der Waals surface area (Å²) in [6, 6.07) is 3.62. The third kappa shape index (κ3) is 2.36. The lowest BCUT2D eigenvalue weighted by Crippen LogP contribution is -2.03. The molecule has 0 spiro atoms. The second kappa shape index (κ2) is 4.28. The molecular weight excluding hydrogens is 176 g/mol. The molecule has 0 radical (unpaired) electrons. The van der Waals surface area contributed by atoms with Crippen molar-refractivity contribution in [2.75, 3.05) is 13.7 Å². The predicted octanol–water partition coefficient (Wildman–Crippen LogP) is 1.24. The summed E-state index contributed by atoms with van der Waals surface area (Å²) in [5, 5.41) is 0.442. The van der Waals surface area contributed by atoms with Crippen molar-refractivity contribution in [2.24, 2.45) is 5.73 Å². The number of nitrogens with zero attached hydrogens (tertiary/aromatic N) is 1. The molecule has 1 aromatic heterocycles. The molecule has 0 aliphatic rings. The van der Waals surface area contributed by atoms with E-state index < -0.39 is 0 Å². The van der Waals surface area contributed by atoms with E-state index in [9.17, 15) is 0 Å². The molecule has 0 fully saturated rings. The molecule has 0 aromatic carbocycles. The molecule has 0 amide bonds. The number of aromatic nitrogens is 1. The molecule has 0 bridgehead atoms. The van der Waals surface area contributed by atoms with Crippen molar-refractivity contribution >= 4 is 11.6 Å². The molecule has 3 nitrogen and oxygen atoms in total. The summed E-state index contributed by atoms with van der Waals surface area (Å²) in [6.07, 6.45) is 0.790. The Morgan fingerprint density at radius 1 is 1.58 bits per heavy atom. The quantitative estimate of drug-likeness (QED) is 0.723. The highest BCUT2D eigenvalue weighted by atomic mass is 35.5. The minimum atomic E-state index is 0.442. The van der Waals surface area contributed by atoms with E-state index in [1.807, 2.05) is 6.07 Å². The lowest BCUT2D eigenvalue weighted by atomic mass is 10.2. The monoisotopic (exact) mass is 186 g/mol. The van der Waals surface area contributed by atoms with Gasteiger partial charge in [-0.3, -0.25) is 0 Å². The Morgan fingerprint density at radius 3 is 2.92 bits per heavy atom. The van der Waals surface area contributed by atoms with Crippen LogP contribution < -0.4 is 10.5 Å². The zero-order valence-corrected chi connectivity index (χ0v) is 7.64. The van der Waals surface area contributed by atoms with E-state index in [1.54, 1.807) is 13.2 Å². The van der Waals surface area contributed by atoms with Crippen LogP contribution >= 0.6 is 11.6 Å². The van der Waals surface area contributed by atoms with E-state index in [4.69, 9.17) is 22.1 Å². The summed E-state index contributed by atoms with van der Waals surface area (Å²) in [6.45, 7) is 0.601. The van der Waals surface area contributed by atoms with E-state index in [2.05, 4.69) is 4.98 Å². The molecule has 0 saturated carbocycles. The number of hydrogen-bond acceptors (Lipinski definition) is 3. The molecule has 1 aromatic rings. The summed E-state index contributed by atoms with van der Waals surface area (Å²) in [5.41, 5.74) is 6.45. The Hall–Kier alpha value is -0.800. The molecule has 1 rings (SSSR count). The summed E-state index contributed by atoms with van der Waals surface area (Å²) >= 11 is 5.73. The number of nitrogens with two attached hydrogens (primary N) is 1.